The van der Waals surface area contributed by atoms with Crippen LogP contribution in [0.3, 0.4) is 0 Å². The van der Waals surface area contributed by atoms with Gasteiger partial charge in [-0.25, -0.2) is 19.5 Å². The van der Waals surface area contributed by atoms with E-state index in [0.717, 1.165) is 42.3 Å². The van der Waals surface area contributed by atoms with Gasteiger partial charge in [-0.15, -0.1) is 5.10 Å². The van der Waals surface area contributed by atoms with Gasteiger partial charge in [0.15, 0.2) is 0 Å². The van der Waals surface area contributed by atoms with Gasteiger partial charge < -0.3 is 10.4 Å². The van der Waals surface area contributed by atoms with Crippen molar-refractivity contribution in [2.75, 3.05) is 5.32 Å². The Balaban J connectivity index is 1.45. The summed E-state index contributed by atoms with van der Waals surface area (Å²) in [7, 11) is 0. The summed E-state index contributed by atoms with van der Waals surface area (Å²) >= 11 is 6.15. The number of fused-ring (bicyclic) bond motifs is 2. The Morgan fingerprint density at radius 3 is 2.74 bits per heavy atom. The smallest absolute Gasteiger partial charge is 0.241 e. The highest BCUT2D eigenvalue weighted by Crippen LogP contribution is 2.26. The molecule has 1 aliphatic rings. The molecule has 5 rings (SSSR count). The van der Waals surface area contributed by atoms with Crippen LogP contribution in [-0.4, -0.2) is 46.2 Å². The molecule has 0 amide bonds. The normalized spacial score (nSPS) is 20.4. The molecule has 2 N–H and O–H groups in total. The first-order chi connectivity index (χ1) is 13.2. The van der Waals surface area contributed by atoms with Gasteiger partial charge in [0.25, 0.3) is 0 Å². The topological polar surface area (TPSA) is 92.6 Å². The summed E-state index contributed by atoms with van der Waals surface area (Å²) in [6, 6.07) is 2.29. The van der Waals surface area contributed by atoms with E-state index < -0.39 is 0 Å². The van der Waals surface area contributed by atoms with Crippen molar-refractivity contribution >= 4 is 28.8 Å². The van der Waals surface area contributed by atoms with Crippen LogP contribution in [0.4, 0.5) is 5.95 Å². The molecule has 1 aliphatic carbocycles. The Bertz CT molecular complexity index is 1110. The zero-order chi connectivity index (χ0) is 18.4. The molecule has 0 atom stereocenters. The van der Waals surface area contributed by atoms with Crippen molar-refractivity contribution in [3.63, 3.8) is 0 Å². The second-order valence-corrected chi connectivity index (χ2v) is 7.27. The molecule has 0 spiro atoms. The van der Waals surface area contributed by atoms with Gasteiger partial charge in [0.1, 0.15) is 5.15 Å². The first-order valence-electron chi connectivity index (χ1n) is 8.95. The third kappa shape index (κ3) is 3.00. The number of nitrogens with one attached hydrogen (secondary N) is 1. The van der Waals surface area contributed by atoms with Crippen molar-refractivity contribution in [3.05, 3.63) is 42.2 Å². The lowest BCUT2D eigenvalue weighted by atomic mass is 9.93. The van der Waals surface area contributed by atoms with E-state index in [9.17, 15) is 5.11 Å². The van der Waals surface area contributed by atoms with Gasteiger partial charge in [0.2, 0.25) is 11.7 Å². The van der Waals surface area contributed by atoms with Crippen molar-refractivity contribution in [1.29, 1.82) is 0 Å². The minimum Gasteiger partial charge on any atom is -0.393 e. The van der Waals surface area contributed by atoms with E-state index in [-0.39, 0.29) is 6.10 Å². The number of rotatable bonds is 3. The van der Waals surface area contributed by atoms with Crippen molar-refractivity contribution < 1.29 is 5.11 Å². The fourth-order valence-corrected chi connectivity index (χ4v) is 3.77. The molecule has 0 unspecified atom stereocenters. The monoisotopic (exact) mass is 383 g/mol. The van der Waals surface area contributed by atoms with Gasteiger partial charge in [0.05, 0.1) is 24.0 Å². The van der Waals surface area contributed by atoms with Gasteiger partial charge in [-0.1, -0.05) is 11.6 Å². The fourth-order valence-electron chi connectivity index (χ4n) is 3.60. The summed E-state index contributed by atoms with van der Waals surface area (Å²) in [5.41, 5.74) is 2.77. The Hall–Kier alpha value is -2.71. The van der Waals surface area contributed by atoms with E-state index in [1.807, 2.05) is 29.2 Å². The van der Waals surface area contributed by atoms with E-state index in [1.165, 1.54) is 0 Å². The molecule has 0 aliphatic heterocycles. The number of anilines is 1. The Morgan fingerprint density at radius 1 is 1.07 bits per heavy atom. The lowest BCUT2D eigenvalue weighted by Crippen LogP contribution is -2.29. The number of aliphatic hydroxyl groups excluding tert-OH is 1. The number of hydrogen-bond acceptors (Lipinski definition) is 6. The number of hydrogen-bond donors (Lipinski definition) is 2. The molecule has 8 nitrogen and oxygen atoms in total. The number of halogens is 1. The molecule has 0 saturated heterocycles. The van der Waals surface area contributed by atoms with Crippen molar-refractivity contribution in [2.24, 2.45) is 0 Å². The minimum absolute atomic E-state index is 0.173. The molecule has 1 fully saturated rings. The van der Waals surface area contributed by atoms with E-state index in [1.54, 1.807) is 16.8 Å². The molecule has 138 valence electrons. The van der Waals surface area contributed by atoms with Crippen LogP contribution < -0.4 is 5.32 Å². The van der Waals surface area contributed by atoms with Crippen LogP contribution in [0, 0.1) is 0 Å². The highest BCUT2D eigenvalue weighted by molar-refractivity contribution is 6.29. The van der Waals surface area contributed by atoms with Crippen molar-refractivity contribution in [2.45, 2.75) is 37.8 Å². The highest BCUT2D eigenvalue weighted by Gasteiger charge is 2.20. The van der Waals surface area contributed by atoms with Gasteiger partial charge in [-0.05, 0) is 31.7 Å². The summed E-state index contributed by atoms with van der Waals surface area (Å²) in [6.07, 6.45) is 12.3. The number of nitrogens with zero attached hydrogens (tertiary/aromatic N) is 6. The Labute approximate surface area is 159 Å². The molecule has 1 saturated carbocycles. The van der Waals surface area contributed by atoms with Gasteiger partial charge in [-0.3, -0.25) is 4.40 Å². The first kappa shape index (κ1) is 16.5. The number of imidazole rings is 1. The van der Waals surface area contributed by atoms with Gasteiger partial charge >= 0.3 is 0 Å². The zero-order valence-electron chi connectivity index (χ0n) is 14.5. The molecule has 4 aromatic rings. The van der Waals surface area contributed by atoms with Gasteiger partial charge in [-0.2, -0.15) is 0 Å². The largest absolute Gasteiger partial charge is 0.393 e. The lowest BCUT2D eigenvalue weighted by Gasteiger charge is -2.26. The number of aromatic nitrogens is 6. The van der Waals surface area contributed by atoms with E-state index in [0.29, 0.717) is 22.9 Å². The summed E-state index contributed by atoms with van der Waals surface area (Å²) in [6.45, 7) is 0. The quantitative estimate of drug-likeness (QED) is 0.565. The summed E-state index contributed by atoms with van der Waals surface area (Å²) in [5.74, 6) is 1.16. The average Bonchev–Trinajstić information content (AvgIpc) is 3.27. The summed E-state index contributed by atoms with van der Waals surface area (Å²) < 4.78 is 3.55. The Kier molecular flexibility index (Phi) is 3.95. The standard InChI is InChI=1S/C18H18ClN7O/c19-16-9-22-18-21-7-11(10-25(16)18)14-5-6-26-15(14)8-20-17(24-26)23-12-1-3-13(27)4-2-12/h5-10,12-13,27H,1-4H2,(H,23,24). The lowest BCUT2D eigenvalue weighted by molar-refractivity contribution is 0.126. The maximum Gasteiger partial charge on any atom is 0.241 e. The predicted octanol–water partition coefficient (Wildman–Crippen LogP) is 2.81. The molecule has 4 heterocycles. The van der Waals surface area contributed by atoms with Crippen LogP contribution in [0.5, 0.6) is 0 Å². The van der Waals surface area contributed by atoms with Crippen LogP contribution >= 0.6 is 11.6 Å². The van der Waals surface area contributed by atoms with Crippen molar-refractivity contribution in [3.8, 4) is 11.1 Å². The van der Waals surface area contributed by atoms with Gasteiger partial charge in [0, 0.05) is 35.8 Å². The van der Waals surface area contributed by atoms with E-state index in [4.69, 9.17) is 11.6 Å². The number of aliphatic hydroxyl groups is 1. The van der Waals surface area contributed by atoms with Crippen LogP contribution in [0.15, 0.2) is 37.1 Å². The maximum absolute atomic E-state index is 9.63. The molecular weight excluding hydrogens is 366 g/mol. The Morgan fingerprint density at radius 2 is 1.89 bits per heavy atom. The van der Waals surface area contributed by atoms with Crippen LogP contribution in [0.25, 0.3) is 22.4 Å². The van der Waals surface area contributed by atoms with Crippen LogP contribution in [0.2, 0.25) is 5.15 Å². The second-order valence-electron chi connectivity index (χ2n) is 6.88. The first-order valence-corrected chi connectivity index (χ1v) is 9.33. The molecule has 27 heavy (non-hydrogen) atoms. The second kappa shape index (κ2) is 6.47. The molecule has 0 aromatic carbocycles. The summed E-state index contributed by atoms with van der Waals surface area (Å²) in [4.78, 5) is 13.0. The average molecular weight is 384 g/mol. The van der Waals surface area contributed by atoms with Crippen LogP contribution in [0.1, 0.15) is 25.7 Å². The molecular formula is C18H18ClN7O. The van der Waals surface area contributed by atoms with E-state index in [2.05, 4.69) is 25.4 Å². The third-order valence-corrected chi connectivity index (χ3v) is 5.36. The fraction of sp³-hybridized carbons (Fsp3) is 0.333. The van der Waals surface area contributed by atoms with E-state index >= 15 is 0 Å². The summed E-state index contributed by atoms with van der Waals surface area (Å²) in [5, 5.41) is 18.1. The predicted molar refractivity (Wildman–Crippen MR) is 102 cm³/mol. The molecule has 0 radical (unpaired) electrons. The molecule has 0 bridgehead atoms. The molecule has 4 aromatic heterocycles. The minimum atomic E-state index is -0.173. The third-order valence-electron chi connectivity index (χ3n) is 5.08. The highest BCUT2D eigenvalue weighted by atomic mass is 35.5. The van der Waals surface area contributed by atoms with Crippen molar-refractivity contribution in [1.82, 2.24) is 29.0 Å². The SMILES string of the molecule is OC1CCC(Nc2ncc3c(-c4cnc5ncc(Cl)n5c4)ccn3n2)CC1. The van der Waals surface area contributed by atoms with Crippen LogP contribution in [-0.2, 0) is 0 Å². The maximum atomic E-state index is 9.63. The zero-order valence-corrected chi connectivity index (χ0v) is 15.2. The molecule has 9 heteroatoms.